The molecule has 3 heteroatoms. The summed E-state index contributed by atoms with van der Waals surface area (Å²) < 4.78 is 0. The first-order valence-electron chi connectivity index (χ1n) is 2.83. The largest absolute Gasteiger partial charge is 0.322 e. The van der Waals surface area contributed by atoms with Gasteiger partial charge in [-0.3, -0.25) is 0 Å². The lowest BCUT2D eigenvalue weighted by Gasteiger charge is -1.99. The lowest BCUT2D eigenvalue weighted by Crippen LogP contribution is -2.08. The fourth-order valence-electron chi connectivity index (χ4n) is 0.546. The van der Waals surface area contributed by atoms with E-state index in [-0.39, 0.29) is 6.04 Å². The smallest absolute Gasteiger partial charge is 0.144 e. The van der Waals surface area contributed by atoms with Crippen LogP contribution in [-0.2, 0) is 0 Å². The molecule has 0 amide bonds. The summed E-state index contributed by atoms with van der Waals surface area (Å²) in [5.74, 6) is 0.692. The zero-order valence-electron chi connectivity index (χ0n) is 5.28. The highest BCUT2D eigenvalue weighted by molar-refractivity contribution is 4.92. The zero-order chi connectivity index (χ0) is 6.69. The van der Waals surface area contributed by atoms with E-state index in [1.807, 2.05) is 6.92 Å². The minimum Gasteiger partial charge on any atom is -0.322 e. The molecule has 1 atom stereocenters. The molecule has 0 saturated heterocycles. The van der Waals surface area contributed by atoms with Crippen LogP contribution in [0.5, 0.6) is 0 Å². The van der Waals surface area contributed by atoms with E-state index in [1.54, 1.807) is 18.5 Å². The van der Waals surface area contributed by atoms with Gasteiger partial charge in [-0.2, -0.15) is 0 Å². The molecule has 0 aliphatic carbocycles. The highest BCUT2D eigenvalue weighted by atomic mass is 14.9. The number of rotatable bonds is 1. The van der Waals surface area contributed by atoms with Gasteiger partial charge in [-0.25, -0.2) is 9.97 Å². The second-order valence-electron chi connectivity index (χ2n) is 1.90. The minimum absolute atomic E-state index is 0.0637. The van der Waals surface area contributed by atoms with E-state index in [0.717, 1.165) is 0 Å². The third-order valence-electron chi connectivity index (χ3n) is 0.993. The Hall–Kier alpha value is -0.960. The summed E-state index contributed by atoms with van der Waals surface area (Å²) in [6.07, 6.45) is 3.37. The fraction of sp³-hybridized carbons (Fsp3) is 0.333. The minimum atomic E-state index is -0.0637. The molecule has 1 aromatic rings. The van der Waals surface area contributed by atoms with Crippen LogP contribution in [0.4, 0.5) is 0 Å². The number of nitrogens with two attached hydrogens (primary N) is 1. The van der Waals surface area contributed by atoms with Crippen LogP contribution in [-0.4, -0.2) is 9.97 Å². The third-order valence-corrected chi connectivity index (χ3v) is 0.993. The molecule has 0 bridgehead atoms. The highest BCUT2D eigenvalue weighted by Crippen LogP contribution is 1.97. The van der Waals surface area contributed by atoms with Gasteiger partial charge in [0.15, 0.2) is 0 Å². The van der Waals surface area contributed by atoms with Gasteiger partial charge in [0, 0.05) is 12.4 Å². The lowest BCUT2D eigenvalue weighted by atomic mass is 10.3. The van der Waals surface area contributed by atoms with E-state index in [9.17, 15) is 0 Å². The Labute approximate surface area is 53.9 Å². The third kappa shape index (κ3) is 1.47. The summed E-state index contributed by atoms with van der Waals surface area (Å²) in [7, 11) is 0. The zero-order valence-corrected chi connectivity index (χ0v) is 5.28. The predicted octanol–water partition coefficient (Wildman–Crippen LogP) is 0.496. The number of hydrogen-bond acceptors (Lipinski definition) is 3. The standard InChI is InChI=1S/C6H9N3/c1-5(7)6-8-3-2-4-9-6/h2-5H,7H2,1H3/t5-/m0/s1. The molecule has 0 fully saturated rings. The van der Waals surface area contributed by atoms with E-state index in [0.29, 0.717) is 5.82 Å². The lowest BCUT2D eigenvalue weighted by molar-refractivity contribution is 0.739. The van der Waals surface area contributed by atoms with Crippen LogP contribution in [0.2, 0.25) is 0 Å². The fourth-order valence-corrected chi connectivity index (χ4v) is 0.546. The molecular weight excluding hydrogens is 114 g/mol. The molecule has 0 aliphatic heterocycles. The first-order chi connectivity index (χ1) is 4.30. The van der Waals surface area contributed by atoms with Crippen molar-refractivity contribution in [2.75, 3.05) is 0 Å². The summed E-state index contributed by atoms with van der Waals surface area (Å²) in [6, 6.07) is 1.71. The van der Waals surface area contributed by atoms with E-state index in [2.05, 4.69) is 9.97 Å². The highest BCUT2D eigenvalue weighted by Gasteiger charge is 1.97. The van der Waals surface area contributed by atoms with Crippen LogP contribution >= 0.6 is 0 Å². The molecular formula is C6H9N3. The molecule has 0 saturated carbocycles. The normalized spacial score (nSPS) is 13.1. The van der Waals surface area contributed by atoms with Crippen LogP contribution in [0.25, 0.3) is 0 Å². The van der Waals surface area contributed by atoms with Gasteiger partial charge in [-0.15, -0.1) is 0 Å². The molecule has 3 nitrogen and oxygen atoms in total. The number of aromatic nitrogens is 2. The Kier molecular flexibility index (Phi) is 1.75. The average Bonchev–Trinajstić information content (AvgIpc) is 1.90. The summed E-state index contributed by atoms with van der Waals surface area (Å²) in [5.41, 5.74) is 5.49. The van der Waals surface area contributed by atoms with Gasteiger partial charge in [0.1, 0.15) is 5.82 Å². The van der Waals surface area contributed by atoms with Gasteiger partial charge < -0.3 is 5.73 Å². The van der Waals surface area contributed by atoms with Crippen molar-refractivity contribution in [2.45, 2.75) is 13.0 Å². The van der Waals surface area contributed by atoms with Crippen LogP contribution in [0.1, 0.15) is 18.8 Å². The molecule has 0 unspecified atom stereocenters. The quantitative estimate of drug-likeness (QED) is 0.591. The topological polar surface area (TPSA) is 51.8 Å². The number of nitrogens with zero attached hydrogens (tertiary/aromatic N) is 2. The Morgan fingerprint density at radius 3 is 2.33 bits per heavy atom. The monoisotopic (exact) mass is 123 g/mol. The van der Waals surface area contributed by atoms with E-state index < -0.39 is 0 Å². The van der Waals surface area contributed by atoms with E-state index >= 15 is 0 Å². The second kappa shape index (κ2) is 2.55. The Bertz CT molecular complexity index is 171. The summed E-state index contributed by atoms with van der Waals surface area (Å²) >= 11 is 0. The summed E-state index contributed by atoms with van der Waals surface area (Å²) in [6.45, 7) is 1.86. The van der Waals surface area contributed by atoms with Crippen LogP contribution in [0.3, 0.4) is 0 Å². The van der Waals surface area contributed by atoms with Crippen LogP contribution in [0.15, 0.2) is 18.5 Å². The van der Waals surface area contributed by atoms with Crippen LogP contribution < -0.4 is 5.73 Å². The average molecular weight is 123 g/mol. The first-order valence-corrected chi connectivity index (χ1v) is 2.83. The Morgan fingerprint density at radius 2 is 2.00 bits per heavy atom. The molecule has 1 heterocycles. The van der Waals surface area contributed by atoms with Gasteiger partial charge in [0.2, 0.25) is 0 Å². The molecule has 0 radical (unpaired) electrons. The van der Waals surface area contributed by atoms with Gasteiger partial charge in [-0.1, -0.05) is 0 Å². The van der Waals surface area contributed by atoms with Gasteiger partial charge >= 0.3 is 0 Å². The first kappa shape index (κ1) is 6.16. The Morgan fingerprint density at radius 1 is 1.44 bits per heavy atom. The Balaban J connectivity index is 2.85. The van der Waals surface area contributed by atoms with Crippen molar-refractivity contribution in [3.05, 3.63) is 24.3 Å². The SMILES string of the molecule is C[C@H](N)c1ncccn1. The van der Waals surface area contributed by atoms with E-state index in [1.165, 1.54) is 0 Å². The molecule has 0 aromatic carbocycles. The molecule has 9 heavy (non-hydrogen) atoms. The van der Waals surface area contributed by atoms with Crippen LogP contribution in [0, 0.1) is 0 Å². The van der Waals surface area contributed by atoms with Crippen molar-refractivity contribution in [1.82, 2.24) is 9.97 Å². The molecule has 2 N–H and O–H groups in total. The number of hydrogen-bond donors (Lipinski definition) is 1. The van der Waals surface area contributed by atoms with Crippen molar-refractivity contribution in [3.63, 3.8) is 0 Å². The molecule has 1 aromatic heterocycles. The molecule has 1 rings (SSSR count). The summed E-state index contributed by atoms with van der Waals surface area (Å²) in [4.78, 5) is 7.88. The summed E-state index contributed by atoms with van der Waals surface area (Å²) in [5, 5.41) is 0. The van der Waals surface area contributed by atoms with Crippen molar-refractivity contribution >= 4 is 0 Å². The second-order valence-corrected chi connectivity index (χ2v) is 1.90. The van der Waals surface area contributed by atoms with Crippen molar-refractivity contribution < 1.29 is 0 Å². The van der Waals surface area contributed by atoms with Gasteiger partial charge in [0.05, 0.1) is 6.04 Å². The molecule has 0 spiro atoms. The van der Waals surface area contributed by atoms with Gasteiger partial charge in [0.25, 0.3) is 0 Å². The van der Waals surface area contributed by atoms with Crippen molar-refractivity contribution in [2.24, 2.45) is 5.73 Å². The van der Waals surface area contributed by atoms with E-state index in [4.69, 9.17) is 5.73 Å². The van der Waals surface area contributed by atoms with Gasteiger partial charge in [-0.05, 0) is 13.0 Å². The van der Waals surface area contributed by atoms with Crippen molar-refractivity contribution in [1.29, 1.82) is 0 Å². The molecule has 48 valence electrons. The maximum Gasteiger partial charge on any atom is 0.144 e. The predicted molar refractivity (Wildman–Crippen MR) is 34.6 cm³/mol. The maximum absolute atomic E-state index is 5.49. The maximum atomic E-state index is 5.49. The molecule has 0 aliphatic rings. The van der Waals surface area contributed by atoms with Crippen molar-refractivity contribution in [3.8, 4) is 0 Å².